The maximum absolute atomic E-state index is 13.4. The van der Waals surface area contributed by atoms with Crippen LogP contribution < -0.4 is 4.31 Å². The number of anilines is 1. The molecule has 11 heteroatoms. The number of halogens is 1. The second kappa shape index (κ2) is 9.64. The third kappa shape index (κ3) is 4.49. The predicted octanol–water partition coefficient (Wildman–Crippen LogP) is 2.33. The zero-order valence-corrected chi connectivity index (χ0v) is 20.7. The van der Waals surface area contributed by atoms with Crippen LogP contribution in [-0.2, 0) is 27.8 Å². The number of fused-ring (bicyclic) bond motifs is 2. The summed E-state index contributed by atoms with van der Waals surface area (Å²) in [5, 5.41) is 11.4. The minimum absolute atomic E-state index is 0.0496. The summed E-state index contributed by atoms with van der Waals surface area (Å²) in [6.45, 7) is 3.14. The average Bonchev–Trinajstić information content (AvgIpc) is 3.20. The molecule has 0 aliphatic carbocycles. The molecule has 1 amide bonds. The molecule has 1 fully saturated rings. The molecular weight excluding hydrogens is 487 g/mol. The molecule has 2 aliphatic heterocycles. The molecule has 3 heterocycles. The van der Waals surface area contributed by atoms with Gasteiger partial charge in [-0.05, 0) is 29.8 Å². The van der Waals surface area contributed by atoms with Gasteiger partial charge in [-0.15, -0.1) is 0 Å². The fourth-order valence-corrected chi connectivity index (χ4v) is 6.02. The third-order valence-electron chi connectivity index (χ3n) is 6.75. The van der Waals surface area contributed by atoms with Crippen molar-refractivity contribution in [3.05, 3.63) is 65.1 Å². The van der Waals surface area contributed by atoms with Crippen LogP contribution in [0, 0.1) is 5.82 Å². The molecule has 0 radical (unpaired) electrons. The first-order valence-corrected chi connectivity index (χ1v) is 13.3. The van der Waals surface area contributed by atoms with Crippen molar-refractivity contribution < 1.29 is 27.4 Å². The number of sulfonamides is 1. The summed E-state index contributed by atoms with van der Waals surface area (Å²) in [6, 6.07) is 9.18. The van der Waals surface area contributed by atoms with E-state index >= 15 is 0 Å². The van der Waals surface area contributed by atoms with E-state index in [4.69, 9.17) is 4.74 Å². The van der Waals surface area contributed by atoms with Gasteiger partial charge in [0.2, 0.25) is 10.0 Å². The molecule has 2 aromatic carbocycles. The Morgan fingerprint density at radius 1 is 1.17 bits per heavy atom. The number of amides is 1. The topological polar surface area (TPSA) is 103 Å². The summed E-state index contributed by atoms with van der Waals surface area (Å²) in [7, 11) is -2.29. The van der Waals surface area contributed by atoms with Crippen molar-refractivity contribution in [2.45, 2.75) is 13.1 Å². The van der Waals surface area contributed by atoms with Gasteiger partial charge in [-0.2, -0.15) is 0 Å². The normalized spacial score (nSPS) is 16.5. The number of carbonyl (C=O) groups is 1. The van der Waals surface area contributed by atoms with Gasteiger partial charge in [0.05, 0.1) is 30.2 Å². The maximum atomic E-state index is 13.4. The van der Waals surface area contributed by atoms with E-state index in [1.165, 1.54) is 34.6 Å². The number of pyridine rings is 1. The number of rotatable bonds is 7. The number of phenolic OH excluding ortho intramolecular Hbond substituents is 1. The van der Waals surface area contributed by atoms with Crippen LogP contribution in [-0.4, -0.2) is 79.9 Å². The van der Waals surface area contributed by atoms with Crippen molar-refractivity contribution in [2.75, 3.05) is 50.0 Å². The van der Waals surface area contributed by atoms with Gasteiger partial charge in [0.25, 0.3) is 5.91 Å². The monoisotopic (exact) mass is 514 g/mol. The first-order valence-electron chi connectivity index (χ1n) is 11.7. The van der Waals surface area contributed by atoms with Gasteiger partial charge in [0.15, 0.2) is 5.75 Å². The molecule has 36 heavy (non-hydrogen) atoms. The fourth-order valence-electron chi connectivity index (χ4n) is 4.78. The summed E-state index contributed by atoms with van der Waals surface area (Å²) >= 11 is 0. The number of morpholine rings is 1. The minimum Gasteiger partial charge on any atom is -0.505 e. The van der Waals surface area contributed by atoms with Crippen molar-refractivity contribution in [1.29, 1.82) is 0 Å². The number of hydrogen-bond donors (Lipinski definition) is 1. The minimum atomic E-state index is -3.77. The Hall–Kier alpha value is -3.28. The Morgan fingerprint density at radius 3 is 2.61 bits per heavy atom. The largest absolute Gasteiger partial charge is 0.505 e. The highest BCUT2D eigenvalue weighted by Gasteiger charge is 2.37. The Balaban J connectivity index is 1.52. The van der Waals surface area contributed by atoms with Crippen LogP contribution in [0.5, 0.6) is 5.75 Å². The number of nitrogens with zero attached hydrogens (tertiary/aromatic N) is 4. The summed E-state index contributed by atoms with van der Waals surface area (Å²) in [5.41, 5.74) is 1.69. The Bertz CT molecular complexity index is 1410. The summed E-state index contributed by atoms with van der Waals surface area (Å²) in [6.07, 6.45) is 1.49. The number of carbonyl (C=O) groups excluding carboxylic acids is 1. The molecule has 3 aromatic rings. The van der Waals surface area contributed by atoms with Gasteiger partial charge >= 0.3 is 0 Å². The van der Waals surface area contributed by atoms with E-state index in [2.05, 4.69) is 4.98 Å². The molecule has 190 valence electrons. The van der Waals surface area contributed by atoms with Crippen LogP contribution in [0.1, 0.15) is 21.5 Å². The van der Waals surface area contributed by atoms with E-state index < -0.39 is 15.9 Å². The quantitative estimate of drug-likeness (QED) is 0.516. The van der Waals surface area contributed by atoms with Gasteiger partial charge in [0.1, 0.15) is 11.3 Å². The molecule has 1 saturated heterocycles. The molecule has 9 nitrogen and oxygen atoms in total. The highest BCUT2D eigenvalue weighted by molar-refractivity contribution is 7.92. The second-order valence-electron chi connectivity index (χ2n) is 8.98. The average molecular weight is 515 g/mol. The number of aromatic hydroxyl groups is 1. The van der Waals surface area contributed by atoms with E-state index in [-0.39, 0.29) is 41.5 Å². The predicted molar refractivity (Wildman–Crippen MR) is 133 cm³/mol. The molecule has 0 unspecified atom stereocenters. The molecular formula is C25H27FN4O5S. The van der Waals surface area contributed by atoms with Crippen LogP contribution in [0.15, 0.2) is 42.6 Å². The van der Waals surface area contributed by atoms with Crippen LogP contribution in [0.2, 0.25) is 0 Å². The summed E-state index contributed by atoms with van der Waals surface area (Å²) < 4.78 is 46.8. The number of aromatic nitrogens is 1. The van der Waals surface area contributed by atoms with Gasteiger partial charge in [-0.1, -0.05) is 12.1 Å². The zero-order chi connectivity index (χ0) is 25.4. The van der Waals surface area contributed by atoms with Gasteiger partial charge in [-0.3, -0.25) is 19.0 Å². The molecule has 5 rings (SSSR count). The van der Waals surface area contributed by atoms with Crippen molar-refractivity contribution >= 4 is 32.5 Å². The Kier molecular flexibility index (Phi) is 6.54. The highest BCUT2D eigenvalue weighted by Crippen LogP contribution is 2.44. The van der Waals surface area contributed by atoms with Crippen LogP contribution >= 0.6 is 0 Å². The van der Waals surface area contributed by atoms with E-state index in [0.29, 0.717) is 55.0 Å². The molecule has 0 spiro atoms. The van der Waals surface area contributed by atoms with Crippen molar-refractivity contribution in [2.24, 2.45) is 0 Å². The first-order chi connectivity index (χ1) is 17.3. The number of benzene rings is 2. The fraction of sp³-hybridized carbons (Fsp3) is 0.360. The van der Waals surface area contributed by atoms with Gasteiger partial charge < -0.3 is 14.7 Å². The smallest absolute Gasteiger partial charge is 0.258 e. The number of phenols is 1. The standard InChI is InChI=1S/C25H27FN4O5S/c1-28(36(33,34)14-11-29-9-12-35-13-10-29)23-19-3-2-8-27-22(19)24(31)21-20(23)16-30(25(21)32)15-17-4-6-18(26)7-5-17/h2-8,31H,9-16H2,1H3. The van der Waals surface area contributed by atoms with E-state index in [1.807, 2.05) is 4.90 Å². The molecule has 0 atom stereocenters. The van der Waals surface area contributed by atoms with E-state index in [9.17, 15) is 22.7 Å². The van der Waals surface area contributed by atoms with Gasteiger partial charge in [0, 0.05) is 56.9 Å². The number of ether oxygens (including phenoxy) is 1. The lowest BCUT2D eigenvalue weighted by atomic mass is 10.0. The first kappa shape index (κ1) is 24.4. The van der Waals surface area contributed by atoms with Crippen LogP contribution in [0.25, 0.3) is 10.9 Å². The van der Waals surface area contributed by atoms with E-state index in [0.717, 1.165) is 0 Å². The van der Waals surface area contributed by atoms with Crippen LogP contribution in [0.4, 0.5) is 10.1 Å². The third-order valence-corrected chi connectivity index (χ3v) is 8.47. The van der Waals surface area contributed by atoms with Crippen molar-refractivity contribution in [1.82, 2.24) is 14.8 Å². The SMILES string of the molecule is CN(c1c2c(c(O)c3ncccc13)C(=O)N(Cc1ccc(F)cc1)C2)S(=O)(=O)CCN1CCOCC1. The highest BCUT2D eigenvalue weighted by atomic mass is 32.2. The lowest BCUT2D eigenvalue weighted by Gasteiger charge is -2.28. The Labute approximate surface area is 208 Å². The molecule has 0 saturated carbocycles. The van der Waals surface area contributed by atoms with E-state index in [1.54, 1.807) is 24.3 Å². The molecule has 2 aliphatic rings. The molecule has 1 aromatic heterocycles. The van der Waals surface area contributed by atoms with Crippen LogP contribution in [0.3, 0.4) is 0 Å². The van der Waals surface area contributed by atoms with Crippen molar-refractivity contribution in [3.63, 3.8) is 0 Å². The molecule has 0 bridgehead atoms. The number of hydrogen-bond acceptors (Lipinski definition) is 7. The lowest BCUT2D eigenvalue weighted by molar-refractivity contribution is 0.0408. The summed E-state index contributed by atoms with van der Waals surface area (Å²) in [5.74, 6) is -1.18. The lowest BCUT2D eigenvalue weighted by Crippen LogP contribution is -2.41. The molecule has 1 N–H and O–H groups in total. The zero-order valence-electron chi connectivity index (χ0n) is 19.9. The Morgan fingerprint density at radius 2 is 1.89 bits per heavy atom. The second-order valence-corrected chi connectivity index (χ2v) is 11.1. The van der Waals surface area contributed by atoms with Gasteiger partial charge in [-0.25, -0.2) is 12.8 Å². The summed E-state index contributed by atoms with van der Waals surface area (Å²) in [4.78, 5) is 21.2. The maximum Gasteiger partial charge on any atom is 0.258 e. The van der Waals surface area contributed by atoms with Crippen molar-refractivity contribution in [3.8, 4) is 5.75 Å².